The summed E-state index contributed by atoms with van der Waals surface area (Å²) in [6.07, 6.45) is 3.32. The fourth-order valence-corrected chi connectivity index (χ4v) is 11.4. The molecule has 1 aliphatic heterocycles. The van der Waals surface area contributed by atoms with Crippen LogP contribution in [0.2, 0.25) is 0 Å². The quantitative estimate of drug-likeness (QED) is 0.0215. The smallest absolute Gasteiger partial charge is 0.330 e. The van der Waals surface area contributed by atoms with Gasteiger partial charge in [0.2, 0.25) is 0 Å². The number of nitrogens with zero attached hydrogens (tertiary/aromatic N) is 2. The predicted octanol–water partition coefficient (Wildman–Crippen LogP) is 8.83. The van der Waals surface area contributed by atoms with Crippen molar-refractivity contribution in [2.45, 2.75) is 126 Å². The number of rotatable bonds is 28. The van der Waals surface area contributed by atoms with Crippen LogP contribution in [0, 0.1) is 46.3 Å². The molecule has 454 valence electrons. The molecule has 3 aromatic carbocycles. The number of nitriles is 2. The fourth-order valence-electron chi connectivity index (χ4n) is 8.92. The van der Waals surface area contributed by atoms with Crippen molar-refractivity contribution in [2.24, 2.45) is 23.7 Å². The first kappa shape index (κ1) is 66.4. The molecule has 0 bridgehead atoms. The number of carbonyl (C=O) groups is 10. The maximum Gasteiger partial charge on any atom is 0.330 e. The zero-order chi connectivity index (χ0) is 62.1. The van der Waals surface area contributed by atoms with Gasteiger partial charge in [0.25, 0.3) is 0 Å². The molecule has 0 aromatic heterocycles. The van der Waals surface area contributed by atoms with E-state index in [2.05, 4.69) is 13.2 Å². The number of allylic oxidation sites excluding steroid dienone is 1. The van der Waals surface area contributed by atoms with Crippen LogP contribution in [0.1, 0.15) is 102 Å². The van der Waals surface area contributed by atoms with Crippen LogP contribution >= 0.6 is 23.5 Å². The van der Waals surface area contributed by atoms with Crippen molar-refractivity contribution < 1.29 is 95.3 Å². The van der Waals surface area contributed by atoms with Crippen LogP contribution in [0.3, 0.4) is 0 Å². The monoisotopic (exact) mass is 1220 g/mol. The molecule has 0 saturated heterocycles. The molecule has 6 rings (SSSR count). The first-order chi connectivity index (χ1) is 41.3. The van der Waals surface area contributed by atoms with Gasteiger partial charge in [-0.15, -0.1) is 0 Å². The number of fused-ring (bicyclic) bond motifs is 1. The molecule has 0 N–H and O–H groups in total. The number of ether oxygens (including phenoxy) is 10. The number of hydrogen-bond acceptors (Lipinski definition) is 24. The molecule has 2 unspecified atom stereocenters. The number of thioether (sulfide) groups is 2. The molecule has 2 aliphatic carbocycles. The van der Waals surface area contributed by atoms with Crippen molar-refractivity contribution in [3.05, 3.63) is 107 Å². The van der Waals surface area contributed by atoms with Crippen LogP contribution in [0.25, 0.3) is 0 Å². The van der Waals surface area contributed by atoms with Crippen molar-refractivity contribution in [3.8, 4) is 35.1 Å². The minimum Gasteiger partial charge on any atom is -0.465 e. The lowest BCUT2D eigenvalue weighted by atomic mass is 9.82. The van der Waals surface area contributed by atoms with E-state index < -0.39 is 95.6 Å². The highest BCUT2D eigenvalue weighted by Crippen LogP contribution is 2.59. The summed E-state index contributed by atoms with van der Waals surface area (Å²) in [5.41, 5.74) is 1.43. The van der Waals surface area contributed by atoms with Gasteiger partial charge in [0, 0.05) is 25.0 Å². The van der Waals surface area contributed by atoms with Gasteiger partial charge in [0.05, 0.1) is 76.6 Å². The zero-order valence-electron chi connectivity index (χ0n) is 47.4. The normalized spacial score (nSPS) is 17.4. The summed E-state index contributed by atoms with van der Waals surface area (Å²) in [5.74, 6) is -6.86. The maximum absolute atomic E-state index is 13.7. The van der Waals surface area contributed by atoms with E-state index in [4.69, 9.17) is 47.4 Å². The highest BCUT2D eigenvalue weighted by atomic mass is 32.2. The van der Waals surface area contributed by atoms with E-state index in [0.29, 0.717) is 89.7 Å². The van der Waals surface area contributed by atoms with Crippen LogP contribution in [0.15, 0.2) is 106 Å². The van der Waals surface area contributed by atoms with E-state index in [0.717, 1.165) is 46.8 Å². The summed E-state index contributed by atoms with van der Waals surface area (Å²) in [6.45, 7) is 9.45. The van der Waals surface area contributed by atoms with Gasteiger partial charge in [-0.2, -0.15) is 10.5 Å². The summed E-state index contributed by atoms with van der Waals surface area (Å²) in [4.78, 5) is 125. The van der Waals surface area contributed by atoms with Gasteiger partial charge in [-0.25, -0.2) is 9.59 Å². The Morgan fingerprint density at radius 3 is 1.24 bits per heavy atom. The second kappa shape index (κ2) is 33.7. The lowest BCUT2D eigenvalue weighted by Gasteiger charge is -2.26. The molecule has 24 heteroatoms. The summed E-state index contributed by atoms with van der Waals surface area (Å²) in [6, 6.07) is 20.2. The molecule has 86 heavy (non-hydrogen) atoms. The largest absolute Gasteiger partial charge is 0.465 e. The maximum atomic E-state index is 13.7. The van der Waals surface area contributed by atoms with E-state index in [9.17, 15) is 58.5 Å². The average molecular weight is 1220 g/mol. The zero-order valence-corrected chi connectivity index (χ0v) is 49.0. The molecule has 2 saturated carbocycles. The summed E-state index contributed by atoms with van der Waals surface area (Å²) >= 11 is 2.09. The molecule has 0 radical (unpaired) electrons. The Hall–Kier alpha value is -8.74. The Bertz CT molecular complexity index is 3110. The van der Waals surface area contributed by atoms with Gasteiger partial charge in [0.1, 0.15) is 66.1 Å². The Kier molecular flexibility index (Phi) is 26.0. The summed E-state index contributed by atoms with van der Waals surface area (Å²) in [5, 5.41) is 19.4. The highest BCUT2D eigenvalue weighted by Gasteiger charge is 2.37. The molecule has 3 aromatic rings. The van der Waals surface area contributed by atoms with Crippen LogP contribution in [-0.4, -0.2) is 98.3 Å². The van der Waals surface area contributed by atoms with Gasteiger partial charge in [-0.3, -0.25) is 38.4 Å². The van der Waals surface area contributed by atoms with Crippen molar-refractivity contribution in [1.29, 1.82) is 10.5 Å². The third-order valence-corrected chi connectivity index (χ3v) is 16.3. The van der Waals surface area contributed by atoms with Crippen LogP contribution in [0.5, 0.6) is 23.0 Å². The molecule has 22 nitrogen and oxygen atoms in total. The Morgan fingerprint density at radius 2 is 0.849 bits per heavy atom. The molecule has 2 fully saturated rings. The average Bonchev–Trinajstić information content (AvgIpc) is 2.41. The first-order valence-electron chi connectivity index (χ1n) is 27.7. The highest BCUT2D eigenvalue weighted by molar-refractivity contribution is 8.24. The molecule has 2 atom stereocenters. The predicted molar refractivity (Wildman–Crippen MR) is 304 cm³/mol. The first-order valence-corrected chi connectivity index (χ1v) is 29.4. The van der Waals surface area contributed by atoms with E-state index in [1.54, 1.807) is 62.4 Å². The Morgan fingerprint density at radius 1 is 0.488 bits per heavy atom. The third-order valence-electron chi connectivity index (χ3n) is 13.6. The van der Waals surface area contributed by atoms with Crippen LogP contribution in [0.4, 0.5) is 0 Å². The summed E-state index contributed by atoms with van der Waals surface area (Å²) in [7, 11) is 0. The second-order valence-electron chi connectivity index (χ2n) is 20.1. The van der Waals surface area contributed by atoms with Crippen molar-refractivity contribution in [2.75, 3.05) is 26.4 Å². The fraction of sp³-hybridized carbons (Fsp3) is 0.419. The van der Waals surface area contributed by atoms with Crippen molar-refractivity contribution in [3.63, 3.8) is 0 Å². The van der Waals surface area contributed by atoms with Crippen LogP contribution in [-0.2, 0) is 89.2 Å². The number of benzene rings is 3. The number of carbonyl (C=O) groups excluding carboxylic acids is 10. The SMILES string of the molecule is C=CC(=O)OCC(C)OC(=O)CCC(=O)OCCc1ccc(OC(=O)C2CCC(C(=O)Oc3ccc(OC(=O)C4CCC(C(=O)Oc5ccc(CCOC(=O)CCC(=O)OCC(C)OC(=O)C=C)cc5)CC4)c4c3SC(=C(C#N)C#N)S4)CC2)cc1. The molecular weight excluding hydrogens is 1160 g/mol. The molecule has 0 spiro atoms. The molecule has 3 aliphatic rings. The lowest BCUT2D eigenvalue weighted by molar-refractivity contribution is -0.157. The van der Waals surface area contributed by atoms with Crippen molar-refractivity contribution >= 4 is 83.2 Å². The third kappa shape index (κ3) is 21.1. The Balaban J connectivity index is 0.900. The van der Waals surface area contributed by atoms with Crippen LogP contribution < -0.4 is 18.9 Å². The molecular formula is C62H64N2O20S2. The molecule has 1 heterocycles. The van der Waals surface area contributed by atoms with Gasteiger partial charge in [-0.05, 0) is 113 Å². The standard InChI is InChI=1S/C62H64N2O20S2/c1-5-50(65)77-35-38(4)80-55(70)28-27-53(68)76-32-30-40-9-21-47(22-10-40)82-59(72)42-13-17-44(18-14-42)61(74)84-49-24-23-48(56-57(49)86-62(85-56)45(33-63)34-64)83-60(73)43-15-11-41(12-16-43)58(71)81-46-19-7-39(8-20-46)29-31-75-52(67)25-26-54(69)78-36-37(3)79-51(66)6-2/h5-10,19-24,37-38,41-44H,1-2,11-18,25-32,35-36H2,3-4H3. The van der Waals surface area contributed by atoms with E-state index in [1.807, 2.05) is 12.1 Å². The van der Waals surface area contributed by atoms with Gasteiger partial charge in [-0.1, -0.05) is 60.9 Å². The van der Waals surface area contributed by atoms with E-state index in [1.165, 1.54) is 12.1 Å². The Labute approximate surface area is 504 Å². The number of esters is 10. The lowest BCUT2D eigenvalue weighted by Crippen LogP contribution is -2.30. The minimum absolute atomic E-state index is 0.0475. The van der Waals surface area contributed by atoms with E-state index >= 15 is 0 Å². The van der Waals surface area contributed by atoms with Gasteiger partial charge < -0.3 is 47.4 Å². The summed E-state index contributed by atoms with van der Waals surface area (Å²) < 4.78 is 53.8. The molecule has 0 amide bonds. The van der Waals surface area contributed by atoms with Crippen molar-refractivity contribution in [1.82, 2.24) is 0 Å². The minimum atomic E-state index is -0.699. The van der Waals surface area contributed by atoms with E-state index in [-0.39, 0.29) is 69.2 Å². The number of hydrogen-bond donors (Lipinski definition) is 0. The second-order valence-corrected chi connectivity index (χ2v) is 22.4. The van der Waals surface area contributed by atoms with Gasteiger partial charge in [0.15, 0.2) is 0 Å². The van der Waals surface area contributed by atoms with Gasteiger partial charge >= 0.3 is 59.7 Å². The topological polar surface area (TPSA) is 311 Å².